The molecule has 1 aromatic carbocycles. The Labute approximate surface area is 124 Å². The van der Waals surface area contributed by atoms with E-state index in [1.807, 2.05) is 0 Å². The Bertz CT molecular complexity index is 438. The monoisotopic (exact) mass is 322 g/mol. The normalized spacial score (nSPS) is 27.2. The van der Waals surface area contributed by atoms with Crippen LogP contribution in [0.3, 0.4) is 0 Å². The van der Waals surface area contributed by atoms with Crippen molar-refractivity contribution in [1.29, 1.82) is 0 Å². The van der Waals surface area contributed by atoms with Crippen molar-refractivity contribution < 1.29 is 0 Å². The minimum Gasteiger partial charge on any atom is -0.368 e. The fourth-order valence-electron chi connectivity index (χ4n) is 3.65. The number of halogens is 1. The smallest absolute Gasteiger partial charge is 0.0402 e. The number of hydrogen-bond donors (Lipinski definition) is 1. The Morgan fingerprint density at radius 3 is 2.74 bits per heavy atom. The number of nitrogens with zero attached hydrogens (tertiary/aromatic N) is 1. The first-order valence-corrected chi connectivity index (χ1v) is 8.29. The number of benzene rings is 1. The molecule has 3 rings (SSSR count). The van der Waals surface area contributed by atoms with Crippen LogP contribution in [0.1, 0.15) is 37.7 Å². The molecule has 0 atom stereocenters. The molecule has 1 aliphatic heterocycles. The van der Waals surface area contributed by atoms with E-state index in [1.165, 1.54) is 60.8 Å². The molecule has 104 valence electrons. The Morgan fingerprint density at radius 1 is 1.21 bits per heavy atom. The molecule has 2 aliphatic rings. The van der Waals surface area contributed by atoms with Crippen molar-refractivity contribution >= 4 is 21.6 Å². The number of fused-ring (bicyclic) bond motifs is 1. The second-order valence-corrected chi connectivity index (χ2v) is 6.78. The van der Waals surface area contributed by atoms with Gasteiger partial charge in [0, 0.05) is 28.8 Å². The van der Waals surface area contributed by atoms with E-state index in [0.29, 0.717) is 0 Å². The highest BCUT2D eigenvalue weighted by Crippen LogP contribution is 2.34. The zero-order valence-electron chi connectivity index (χ0n) is 11.7. The van der Waals surface area contributed by atoms with Gasteiger partial charge in [0.1, 0.15) is 0 Å². The minimum atomic E-state index is 0.741. The summed E-state index contributed by atoms with van der Waals surface area (Å²) in [4.78, 5) is 2.68. The lowest BCUT2D eigenvalue weighted by atomic mass is 9.88. The third-order valence-electron chi connectivity index (χ3n) is 4.74. The van der Waals surface area contributed by atoms with Crippen LogP contribution in [0, 0.1) is 0 Å². The van der Waals surface area contributed by atoms with E-state index < -0.39 is 0 Å². The van der Waals surface area contributed by atoms with Gasteiger partial charge in [-0.1, -0.05) is 15.9 Å². The van der Waals surface area contributed by atoms with Crippen LogP contribution in [0.25, 0.3) is 0 Å². The summed E-state index contributed by atoms with van der Waals surface area (Å²) in [5.74, 6) is 0. The van der Waals surface area contributed by atoms with Crippen LogP contribution in [0.15, 0.2) is 22.7 Å². The van der Waals surface area contributed by atoms with Crippen LogP contribution in [0.2, 0.25) is 0 Å². The maximum atomic E-state index is 3.60. The summed E-state index contributed by atoms with van der Waals surface area (Å²) in [6.07, 6.45) is 7.85. The summed E-state index contributed by atoms with van der Waals surface area (Å²) in [5.41, 5.74) is 3.01. The van der Waals surface area contributed by atoms with Gasteiger partial charge in [-0.15, -0.1) is 0 Å². The lowest BCUT2D eigenvalue weighted by Crippen LogP contribution is -2.44. The Morgan fingerprint density at radius 2 is 2.00 bits per heavy atom. The Balaban J connectivity index is 1.77. The number of aryl methyl sites for hydroxylation is 1. The van der Waals surface area contributed by atoms with Gasteiger partial charge in [0.05, 0.1) is 0 Å². The van der Waals surface area contributed by atoms with Crippen LogP contribution in [0.5, 0.6) is 0 Å². The summed E-state index contributed by atoms with van der Waals surface area (Å²) in [7, 11) is 2.10. The quantitative estimate of drug-likeness (QED) is 0.892. The Hall–Kier alpha value is -0.540. The average Bonchev–Trinajstić information content (AvgIpc) is 2.46. The van der Waals surface area contributed by atoms with E-state index in [4.69, 9.17) is 0 Å². The molecule has 0 unspecified atom stereocenters. The summed E-state index contributed by atoms with van der Waals surface area (Å²) in [6.45, 7) is 1.24. The zero-order valence-corrected chi connectivity index (χ0v) is 13.2. The number of rotatable bonds is 2. The van der Waals surface area contributed by atoms with Gasteiger partial charge in [-0.05, 0) is 69.3 Å². The van der Waals surface area contributed by atoms with Crippen LogP contribution in [0.4, 0.5) is 5.69 Å². The molecule has 0 amide bonds. The summed E-state index contributed by atoms with van der Waals surface area (Å²) in [5, 5.41) is 3.43. The van der Waals surface area contributed by atoms with Crippen molar-refractivity contribution in [2.24, 2.45) is 0 Å². The lowest BCUT2D eigenvalue weighted by molar-refractivity contribution is 0.341. The van der Waals surface area contributed by atoms with Crippen LogP contribution < -0.4 is 10.2 Å². The zero-order chi connectivity index (χ0) is 13.2. The second kappa shape index (κ2) is 5.84. The van der Waals surface area contributed by atoms with Crippen molar-refractivity contribution in [2.45, 2.75) is 50.6 Å². The van der Waals surface area contributed by atoms with Gasteiger partial charge in [-0.25, -0.2) is 0 Å². The highest BCUT2D eigenvalue weighted by molar-refractivity contribution is 9.10. The molecule has 0 radical (unpaired) electrons. The molecule has 0 spiro atoms. The predicted octanol–water partition coefficient (Wildman–Crippen LogP) is 3.73. The van der Waals surface area contributed by atoms with Crippen molar-refractivity contribution in [2.75, 3.05) is 18.5 Å². The predicted molar refractivity (Wildman–Crippen MR) is 84.9 cm³/mol. The van der Waals surface area contributed by atoms with E-state index in [1.54, 1.807) is 0 Å². The number of anilines is 1. The van der Waals surface area contributed by atoms with E-state index in [2.05, 4.69) is 51.4 Å². The Kier molecular flexibility index (Phi) is 4.13. The third kappa shape index (κ3) is 2.82. The standard InChI is InChI=1S/C16H23BrN2/c1-18-14-5-7-15(8-6-14)19-10-2-3-12-11-13(17)4-9-16(12)19/h4,9,11,14-15,18H,2-3,5-8,10H2,1H3. The molecule has 1 N–H and O–H groups in total. The maximum absolute atomic E-state index is 3.60. The molecule has 0 saturated heterocycles. The van der Waals surface area contributed by atoms with Crippen molar-refractivity contribution in [3.63, 3.8) is 0 Å². The SMILES string of the molecule is CNC1CCC(N2CCCc3cc(Br)ccc32)CC1. The summed E-state index contributed by atoms with van der Waals surface area (Å²) >= 11 is 3.60. The van der Waals surface area contributed by atoms with Gasteiger partial charge < -0.3 is 10.2 Å². The highest BCUT2D eigenvalue weighted by Gasteiger charge is 2.28. The highest BCUT2D eigenvalue weighted by atomic mass is 79.9. The summed E-state index contributed by atoms with van der Waals surface area (Å²) in [6, 6.07) is 8.30. The van der Waals surface area contributed by atoms with Gasteiger partial charge in [-0.2, -0.15) is 0 Å². The van der Waals surface area contributed by atoms with Crippen LogP contribution >= 0.6 is 15.9 Å². The van der Waals surface area contributed by atoms with E-state index in [0.717, 1.165) is 12.1 Å². The van der Waals surface area contributed by atoms with Gasteiger partial charge in [0.25, 0.3) is 0 Å². The molecule has 0 bridgehead atoms. The third-order valence-corrected chi connectivity index (χ3v) is 5.24. The molecular weight excluding hydrogens is 300 g/mol. The second-order valence-electron chi connectivity index (χ2n) is 5.86. The summed E-state index contributed by atoms with van der Waals surface area (Å²) < 4.78 is 1.21. The molecule has 3 heteroatoms. The molecule has 19 heavy (non-hydrogen) atoms. The van der Waals surface area contributed by atoms with E-state index in [9.17, 15) is 0 Å². The molecule has 1 aromatic rings. The first-order chi connectivity index (χ1) is 9.28. The van der Waals surface area contributed by atoms with E-state index >= 15 is 0 Å². The van der Waals surface area contributed by atoms with Crippen molar-refractivity contribution in [3.05, 3.63) is 28.2 Å². The fourth-order valence-corrected chi connectivity index (χ4v) is 4.06. The molecule has 1 fully saturated rings. The van der Waals surface area contributed by atoms with E-state index in [-0.39, 0.29) is 0 Å². The number of hydrogen-bond acceptors (Lipinski definition) is 2. The average molecular weight is 323 g/mol. The first kappa shape index (κ1) is 13.4. The molecule has 1 saturated carbocycles. The molecule has 0 aromatic heterocycles. The molecule has 2 nitrogen and oxygen atoms in total. The van der Waals surface area contributed by atoms with Crippen molar-refractivity contribution in [1.82, 2.24) is 5.32 Å². The lowest BCUT2D eigenvalue weighted by Gasteiger charge is -2.41. The maximum Gasteiger partial charge on any atom is 0.0402 e. The minimum absolute atomic E-state index is 0.741. The number of nitrogens with one attached hydrogen (secondary N) is 1. The molecule has 1 aliphatic carbocycles. The molecule has 1 heterocycles. The van der Waals surface area contributed by atoms with Crippen molar-refractivity contribution in [3.8, 4) is 0 Å². The topological polar surface area (TPSA) is 15.3 Å². The van der Waals surface area contributed by atoms with Gasteiger partial charge in [0.15, 0.2) is 0 Å². The van der Waals surface area contributed by atoms with Crippen LogP contribution in [-0.2, 0) is 6.42 Å². The van der Waals surface area contributed by atoms with Gasteiger partial charge in [-0.3, -0.25) is 0 Å². The first-order valence-electron chi connectivity index (χ1n) is 7.50. The van der Waals surface area contributed by atoms with Crippen LogP contribution in [-0.4, -0.2) is 25.7 Å². The molecular formula is C16H23BrN2. The van der Waals surface area contributed by atoms with Gasteiger partial charge in [0.2, 0.25) is 0 Å². The van der Waals surface area contributed by atoms with Gasteiger partial charge >= 0.3 is 0 Å². The fraction of sp³-hybridized carbons (Fsp3) is 0.625. The largest absolute Gasteiger partial charge is 0.368 e.